The summed E-state index contributed by atoms with van der Waals surface area (Å²) < 4.78 is 2.08. The van der Waals surface area contributed by atoms with Gasteiger partial charge in [-0.25, -0.2) is 4.79 Å². The van der Waals surface area contributed by atoms with Gasteiger partial charge in [0, 0.05) is 45.5 Å². The first-order valence-corrected chi connectivity index (χ1v) is 9.53. The normalized spacial score (nSPS) is 20.2. The van der Waals surface area contributed by atoms with E-state index in [1.165, 1.54) is 16.8 Å². The van der Waals surface area contributed by atoms with Gasteiger partial charge in [0.2, 0.25) is 0 Å². The Hall–Kier alpha value is -2.34. The van der Waals surface area contributed by atoms with Crippen LogP contribution in [0.4, 0.5) is 4.79 Å². The maximum Gasteiger partial charge on any atom is 0.317 e. The van der Waals surface area contributed by atoms with Gasteiger partial charge in [-0.1, -0.05) is 24.3 Å². The lowest BCUT2D eigenvalue weighted by Gasteiger charge is -2.34. The summed E-state index contributed by atoms with van der Waals surface area (Å²) in [5.41, 5.74) is 3.90. The number of amides is 2. The van der Waals surface area contributed by atoms with E-state index in [1.54, 1.807) is 0 Å². The minimum Gasteiger partial charge on any atom is -0.336 e. The SMILES string of the molecule is Cc1ccccc1CN1Cc2ccnn2[C@H](CNC(=O)N2CCCC2)C1. The number of nitrogens with zero attached hydrogens (tertiary/aromatic N) is 4. The summed E-state index contributed by atoms with van der Waals surface area (Å²) in [5, 5.41) is 7.62. The molecule has 1 atom stereocenters. The van der Waals surface area contributed by atoms with E-state index in [-0.39, 0.29) is 12.1 Å². The monoisotopic (exact) mass is 353 g/mol. The third-order valence-corrected chi connectivity index (χ3v) is 5.49. The summed E-state index contributed by atoms with van der Waals surface area (Å²) in [5.74, 6) is 0. The fourth-order valence-corrected chi connectivity index (χ4v) is 4.00. The lowest BCUT2D eigenvalue weighted by Crippen LogP contribution is -2.45. The molecule has 0 spiro atoms. The van der Waals surface area contributed by atoms with E-state index < -0.39 is 0 Å². The van der Waals surface area contributed by atoms with Gasteiger partial charge in [0.15, 0.2) is 0 Å². The summed E-state index contributed by atoms with van der Waals surface area (Å²) in [4.78, 5) is 16.7. The summed E-state index contributed by atoms with van der Waals surface area (Å²) in [6.07, 6.45) is 4.09. The Balaban J connectivity index is 1.42. The summed E-state index contributed by atoms with van der Waals surface area (Å²) in [7, 11) is 0. The zero-order chi connectivity index (χ0) is 17.9. The van der Waals surface area contributed by atoms with Crippen molar-refractivity contribution in [1.29, 1.82) is 0 Å². The van der Waals surface area contributed by atoms with Gasteiger partial charge in [0.25, 0.3) is 0 Å². The first-order valence-electron chi connectivity index (χ1n) is 9.53. The molecule has 0 bridgehead atoms. The maximum absolute atomic E-state index is 12.3. The van der Waals surface area contributed by atoms with Gasteiger partial charge >= 0.3 is 6.03 Å². The van der Waals surface area contributed by atoms with Gasteiger partial charge in [0.05, 0.1) is 11.7 Å². The number of carbonyl (C=O) groups is 1. The summed E-state index contributed by atoms with van der Waals surface area (Å²) in [6, 6.07) is 10.9. The molecule has 2 amide bonds. The van der Waals surface area contributed by atoms with Gasteiger partial charge < -0.3 is 10.2 Å². The van der Waals surface area contributed by atoms with Crippen LogP contribution in [0.2, 0.25) is 0 Å². The molecule has 0 radical (unpaired) electrons. The van der Waals surface area contributed by atoms with Crippen molar-refractivity contribution in [1.82, 2.24) is 24.9 Å². The number of likely N-dealkylation sites (tertiary alicyclic amines) is 1. The summed E-state index contributed by atoms with van der Waals surface area (Å²) >= 11 is 0. The van der Waals surface area contributed by atoms with Crippen molar-refractivity contribution in [3.05, 3.63) is 53.3 Å². The quantitative estimate of drug-likeness (QED) is 0.919. The molecule has 4 rings (SSSR count). The van der Waals surface area contributed by atoms with Crippen molar-refractivity contribution in [3.8, 4) is 0 Å². The van der Waals surface area contributed by atoms with Crippen molar-refractivity contribution < 1.29 is 4.79 Å². The Morgan fingerprint density at radius 1 is 1.23 bits per heavy atom. The molecule has 3 heterocycles. The molecule has 138 valence electrons. The number of fused-ring (bicyclic) bond motifs is 1. The van der Waals surface area contributed by atoms with Crippen LogP contribution in [0.1, 0.15) is 35.7 Å². The number of aromatic nitrogens is 2. The molecule has 1 N–H and O–H groups in total. The minimum absolute atomic E-state index is 0.0623. The molecule has 2 aromatic rings. The highest BCUT2D eigenvalue weighted by Crippen LogP contribution is 2.22. The van der Waals surface area contributed by atoms with Crippen LogP contribution in [0, 0.1) is 6.92 Å². The van der Waals surface area contributed by atoms with Crippen molar-refractivity contribution >= 4 is 6.03 Å². The first-order chi connectivity index (χ1) is 12.7. The highest BCUT2D eigenvalue weighted by Gasteiger charge is 2.27. The van der Waals surface area contributed by atoms with Crippen molar-refractivity contribution in [2.24, 2.45) is 0 Å². The van der Waals surface area contributed by atoms with Crippen LogP contribution in [0.15, 0.2) is 36.5 Å². The molecule has 26 heavy (non-hydrogen) atoms. The van der Waals surface area contributed by atoms with Crippen LogP contribution < -0.4 is 5.32 Å². The maximum atomic E-state index is 12.3. The predicted molar refractivity (Wildman–Crippen MR) is 101 cm³/mol. The fraction of sp³-hybridized carbons (Fsp3) is 0.500. The van der Waals surface area contributed by atoms with Crippen LogP contribution in [0.25, 0.3) is 0 Å². The molecule has 6 heteroatoms. The Labute approximate surface area is 154 Å². The van der Waals surface area contributed by atoms with E-state index in [4.69, 9.17) is 0 Å². The number of benzene rings is 1. The highest BCUT2D eigenvalue weighted by molar-refractivity contribution is 5.74. The number of carbonyl (C=O) groups excluding carboxylic acids is 1. The van der Waals surface area contributed by atoms with E-state index in [0.717, 1.165) is 45.6 Å². The second-order valence-corrected chi connectivity index (χ2v) is 7.40. The zero-order valence-corrected chi connectivity index (χ0v) is 15.4. The lowest BCUT2D eigenvalue weighted by molar-refractivity contribution is 0.161. The Morgan fingerprint density at radius 3 is 2.85 bits per heavy atom. The Kier molecular flexibility index (Phi) is 4.93. The average Bonchev–Trinajstić information content (AvgIpc) is 3.33. The predicted octanol–water partition coefficient (Wildman–Crippen LogP) is 2.55. The van der Waals surface area contributed by atoms with E-state index in [0.29, 0.717) is 6.54 Å². The number of aryl methyl sites for hydroxylation is 1. The fourth-order valence-electron chi connectivity index (χ4n) is 4.00. The van der Waals surface area contributed by atoms with Crippen LogP contribution in [-0.2, 0) is 13.1 Å². The third kappa shape index (κ3) is 3.60. The van der Waals surface area contributed by atoms with E-state index in [1.807, 2.05) is 11.1 Å². The highest BCUT2D eigenvalue weighted by atomic mass is 16.2. The number of hydrogen-bond acceptors (Lipinski definition) is 3. The largest absolute Gasteiger partial charge is 0.336 e. The molecule has 1 saturated heterocycles. The van der Waals surface area contributed by atoms with Crippen LogP contribution >= 0.6 is 0 Å². The van der Waals surface area contributed by atoms with Gasteiger partial charge in [-0.2, -0.15) is 5.10 Å². The lowest BCUT2D eigenvalue weighted by atomic mass is 10.1. The molecule has 2 aliphatic heterocycles. The molecule has 0 unspecified atom stereocenters. The number of urea groups is 1. The van der Waals surface area contributed by atoms with Gasteiger partial charge in [-0.3, -0.25) is 9.58 Å². The van der Waals surface area contributed by atoms with Gasteiger partial charge in [0.1, 0.15) is 0 Å². The van der Waals surface area contributed by atoms with Crippen LogP contribution in [0.3, 0.4) is 0 Å². The molecule has 1 aromatic carbocycles. The van der Waals surface area contributed by atoms with E-state index in [2.05, 4.69) is 57.3 Å². The van der Waals surface area contributed by atoms with Crippen molar-refractivity contribution in [2.75, 3.05) is 26.2 Å². The standard InChI is InChI=1S/C20H27N5O/c1-16-6-2-3-7-17(16)13-23-14-18-8-9-22-25(18)19(15-23)12-21-20(26)24-10-4-5-11-24/h2-3,6-9,19H,4-5,10-15H2,1H3,(H,21,26)/t19-/m1/s1. The number of hydrogen-bond donors (Lipinski definition) is 1. The molecule has 0 aliphatic carbocycles. The second kappa shape index (κ2) is 7.50. The molecule has 6 nitrogen and oxygen atoms in total. The van der Waals surface area contributed by atoms with E-state index >= 15 is 0 Å². The topological polar surface area (TPSA) is 53.4 Å². The van der Waals surface area contributed by atoms with Crippen molar-refractivity contribution in [3.63, 3.8) is 0 Å². The van der Waals surface area contributed by atoms with Crippen LogP contribution in [0.5, 0.6) is 0 Å². The molecule has 0 saturated carbocycles. The van der Waals surface area contributed by atoms with Gasteiger partial charge in [-0.15, -0.1) is 0 Å². The third-order valence-electron chi connectivity index (χ3n) is 5.49. The molecular formula is C20H27N5O. The van der Waals surface area contributed by atoms with Crippen LogP contribution in [-0.4, -0.2) is 51.8 Å². The molecule has 1 fully saturated rings. The molecule has 2 aliphatic rings. The number of nitrogens with one attached hydrogen (secondary N) is 1. The zero-order valence-electron chi connectivity index (χ0n) is 15.4. The van der Waals surface area contributed by atoms with E-state index in [9.17, 15) is 4.79 Å². The Bertz CT molecular complexity index is 765. The second-order valence-electron chi connectivity index (χ2n) is 7.40. The minimum atomic E-state index is 0.0623. The average molecular weight is 353 g/mol. The number of rotatable bonds is 4. The van der Waals surface area contributed by atoms with Crippen molar-refractivity contribution in [2.45, 2.75) is 38.9 Å². The molecule has 1 aromatic heterocycles. The Morgan fingerprint density at radius 2 is 2.04 bits per heavy atom. The molecular weight excluding hydrogens is 326 g/mol. The van der Waals surface area contributed by atoms with Gasteiger partial charge in [-0.05, 0) is 37.0 Å². The smallest absolute Gasteiger partial charge is 0.317 e. The summed E-state index contributed by atoms with van der Waals surface area (Å²) in [6.45, 7) is 7.25. The first kappa shape index (κ1) is 17.1.